The molecule has 5 heteroatoms. The highest BCUT2D eigenvalue weighted by atomic mass is 31.1. The molecule has 0 aromatic rings. The highest BCUT2D eigenvalue weighted by Crippen LogP contribution is 2.22. The summed E-state index contributed by atoms with van der Waals surface area (Å²) in [6, 6.07) is 0. The van der Waals surface area contributed by atoms with E-state index in [1.807, 2.05) is 0 Å². The Bertz CT molecular complexity index is 75.3. The first-order valence-corrected chi connectivity index (χ1v) is 3.14. The molecule has 0 aromatic carbocycles. The third-order valence-electron chi connectivity index (χ3n) is 0.398. The maximum Gasteiger partial charge on any atom is 0.341 e. The fraction of sp³-hybridized carbons (Fsp3) is 0.500. The quantitative estimate of drug-likeness (QED) is 0.450. The fourth-order valence-corrected chi connectivity index (χ4v) is 0.181. The van der Waals surface area contributed by atoms with Crippen LogP contribution >= 0.6 is 8.07 Å². The molecule has 0 aromatic heterocycles. The second-order valence-electron chi connectivity index (χ2n) is 0.894. The molecule has 0 fully saturated rings. The van der Waals surface area contributed by atoms with Crippen molar-refractivity contribution in [3.8, 4) is 0 Å². The molecule has 42 valence electrons. The SMILES string of the molecule is NP(CO)C(=O)O. The van der Waals surface area contributed by atoms with Gasteiger partial charge in [0, 0.05) is 0 Å². The molecular weight excluding hydrogens is 117 g/mol. The molecule has 0 rings (SSSR count). The monoisotopic (exact) mass is 123 g/mol. The lowest BCUT2D eigenvalue weighted by Gasteiger charge is -1.96. The Morgan fingerprint density at radius 2 is 2.29 bits per heavy atom. The normalized spacial score (nSPS) is 13.4. The van der Waals surface area contributed by atoms with Gasteiger partial charge in [-0.3, -0.25) is 5.50 Å². The zero-order valence-corrected chi connectivity index (χ0v) is 4.43. The van der Waals surface area contributed by atoms with Crippen molar-refractivity contribution in [2.75, 3.05) is 6.35 Å². The number of nitrogens with two attached hydrogens (primary N) is 1. The molecule has 1 unspecified atom stereocenters. The Morgan fingerprint density at radius 3 is 2.29 bits per heavy atom. The van der Waals surface area contributed by atoms with Crippen LogP contribution in [0, 0.1) is 0 Å². The van der Waals surface area contributed by atoms with Crippen LogP contribution in [0.4, 0.5) is 4.79 Å². The van der Waals surface area contributed by atoms with Crippen LogP contribution in [0.1, 0.15) is 0 Å². The number of carboxylic acid groups (broad SMARTS) is 1. The minimum Gasteiger partial charge on any atom is -0.477 e. The molecule has 0 amide bonds. The van der Waals surface area contributed by atoms with Gasteiger partial charge in [0.2, 0.25) is 0 Å². The third-order valence-corrected chi connectivity index (χ3v) is 1.19. The zero-order valence-electron chi connectivity index (χ0n) is 3.53. The number of carbonyl (C=O) groups is 1. The Morgan fingerprint density at radius 1 is 1.86 bits per heavy atom. The minimum absolute atomic E-state index is 0.440. The van der Waals surface area contributed by atoms with E-state index in [9.17, 15) is 4.79 Å². The molecule has 0 saturated carbocycles. The van der Waals surface area contributed by atoms with E-state index in [0.717, 1.165) is 0 Å². The molecule has 0 heterocycles. The number of hydrogen-bond donors (Lipinski definition) is 3. The second kappa shape index (κ2) is 2.91. The Balaban J connectivity index is 3.34. The van der Waals surface area contributed by atoms with Crippen LogP contribution in [0.5, 0.6) is 0 Å². The molecule has 0 spiro atoms. The van der Waals surface area contributed by atoms with Crippen molar-refractivity contribution in [1.82, 2.24) is 0 Å². The van der Waals surface area contributed by atoms with Crippen LogP contribution in [0.2, 0.25) is 0 Å². The summed E-state index contributed by atoms with van der Waals surface area (Å²) >= 11 is 0. The van der Waals surface area contributed by atoms with Gasteiger partial charge in [0.15, 0.2) is 0 Å². The summed E-state index contributed by atoms with van der Waals surface area (Å²) in [7, 11) is -1.67. The van der Waals surface area contributed by atoms with E-state index in [1.54, 1.807) is 0 Å². The minimum atomic E-state index is -1.67. The molecule has 7 heavy (non-hydrogen) atoms. The van der Waals surface area contributed by atoms with Crippen LogP contribution < -0.4 is 5.50 Å². The van der Waals surface area contributed by atoms with Crippen molar-refractivity contribution in [2.45, 2.75) is 0 Å². The average Bonchev–Trinajstić information content (AvgIpc) is 1.65. The van der Waals surface area contributed by atoms with E-state index in [4.69, 9.17) is 15.7 Å². The van der Waals surface area contributed by atoms with Crippen molar-refractivity contribution in [3.63, 3.8) is 0 Å². The molecule has 4 N–H and O–H groups in total. The van der Waals surface area contributed by atoms with E-state index >= 15 is 0 Å². The van der Waals surface area contributed by atoms with Crippen LogP contribution in [0.15, 0.2) is 0 Å². The third kappa shape index (κ3) is 2.51. The van der Waals surface area contributed by atoms with Crippen LogP contribution in [-0.4, -0.2) is 22.3 Å². The second-order valence-corrected chi connectivity index (χ2v) is 2.50. The maximum absolute atomic E-state index is 9.67. The molecular formula is C2H6NO3P. The van der Waals surface area contributed by atoms with Crippen molar-refractivity contribution in [3.05, 3.63) is 0 Å². The Kier molecular flexibility index (Phi) is 2.83. The fourth-order valence-electron chi connectivity index (χ4n) is 0.0605. The lowest BCUT2D eigenvalue weighted by atomic mass is 11.6. The van der Waals surface area contributed by atoms with Crippen LogP contribution in [0.3, 0.4) is 0 Å². The van der Waals surface area contributed by atoms with Gasteiger partial charge >= 0.3 is 5.71 Å². The summed E-state index contributed by atoms with van der Waals surface area (Å²) in [5.74, 6) is 0. The van der Waals surface area contributed by atoms with Crippen LogP contribution in [-0.2, 0) is 0 Å². The first-order valence-electron chi connectivity index (χ1n) is 1.54. The topological polar surface area (TPSA) is 83.5 Å². The summed E-state index contributed by atoms with van der Waals surface area (Å²) < 4.78 is 0. The molecule has 0 aliphatic rings. The smallest absolute Gasteiger partial charge is 0.341 e. The highest BCUT2D eigenvalue weighted by molar-refractivity contribution is 7.71. The van der Waals surface area contributed by atoms with Gasteiger partial charge in [-0.25, -0.2) is 4.79 Å². The van der Waals surface area contributed by atoms with Crippen molar-refractivity contribution in [1.29, 1.82) is 0 Å². The molecule has 0 saturated heterocycles. The number of aliphatic hydroxyl groups is 1. The molecule has 0 aliphatic carbocycles. The van der Waals surface area contributed by atoms with Gasteiger partial charge in [-0.15, -0.1) is 0 Å². The molecule has 0 radical (unpaired) electrons. The number of aliphatic hydroxyl groups excluding tert-OH is 1. The standard InChI is InChI=1S/C2H6NO3P/c3-7(1-4)2(5)6/h4H,1,3H2,(H,5,6). The van der Waals surface area contributed by atoms with Crippen molar-refractivity contribution >= 4 is 13.8 Å². The summed E-state index contributed by atoms with van der Waals surface area (Å²) in [5, 5.41) is 16.0. The zero-order chi connectivity index (χ0) is 5.86. The molecule has 0 aliphatic heterocycles. The summed E-state index contributed by atoms with van der Waals surface area (Å²) in [5.41, 5.74) is 3.72. The first kappa shape index (κ1) is 6.82. The molecule has 0 bridgehead atoms. The highest BCUT2D eigenvalue weighted by Gasteiger charge is 2.07. The van der Waals surface area contributed by atoms with Crippen molar-refractivity contribution < 1.29 is 15.0 Å². The van der Waals surface area contributed by atoms with Crippen molar-refractivity contribution in [2.24, 2.45) is 5.50 Å². The lowest BCUT2D eigenvalue weighted by molar-refractivity contribution is 0.220. The van der Waals surface area contributed by atoms with E-state index in [0.29, 0.717) is 0 Å². The van der Waals surface area contributed by atoms with Gasteiger partial charge in [0.05, 0.1) is 6.35 Å². The maximum atomic E-state index is 9.67. The van der Waals surface area contributed by atoms with Crippen LogP contribution in [0.25, 0.3) is 0 Å². The van der Waals surface area contributed by atoms with E-state index in [1.165, 1.54) is 0 Å². The van der Waals surface area contributed by atoms with E-state index < -0.39 is 20.1 Å². The predicted molar refractivity (Wildman–Crippen MR) is 26.2 cm³/mol. The Labute approximate surface area is 41.7 Å². The summed E-state index contributed by atoms with van der Waals surface area (Å²) in [6.07, 6.45) is -0.440. The van der Waals surface area contributed by atoms with Gasteiger partial charge in [0.1, 0.15) is 8.07 Å². The van der Waals surface area contributed by atoms with Gasteiger partial charge < -0.3 is 10.2 Å². The number of hydrogen-bond acceptors (Lipinski definition) is 3. The van der Waals surface area contributed by atoms with E-state index in [2.05, 4.69) is 0 Å². The van der Waals surface area contributed by atoms with Gasteiger partial charge in [-0.2, -0.15) is 0 Å². The van der Waals surface area contributed by atoms with E-state index in [-0.39, 0.29) is 0 Å². The molecule has 1 atom stereocenters. The summed E-state index contributed by atoms with van der Waals surface area (Å²) in [6.45, 7) is 0. The van der Waals surface area contributed by atoms with Gasteiger partial charge in [-0.1, -0.05) is 0 Å². The summed E-state index contributed by atoms with van der Waals surface area (Å²) in [4.78, 5) is 9.67. The Hall–Kier alpha value is -0.180. The predicted octanol–water partition coefficient (Wildman–Crippen LogP) is -0.0302. The van der Waals surface area contributed by atoms with Gasteiger partial charge in [0.25, 0.3) is 0 Å². The first-order chi connectivity index (χ1) is 3.18. The average molecular weight is 123 g/mol. The lowest BCUT2D eigenvalue weighted by Crippen LogP contribution is -2.01. The largest absolute Gasteiger partial charge is 0.477 e. The molecule has 4 nitrogen and oxygen atoms in total. The van der Waals surface area contributed by atoms with Gasteiger partial charge in [-0.05, 0) is 0 Å². The number of rotatable bonds is 2.